The van der Waals surface area contributed by atoms with Crippen molar-refractivity contribution in [1.29, 1.82) is 0 Å². The summed E-state index contributed by atoms with van der Waals surface area (Å²) in [5.74, 6) is -2.31. The first-order chi connectivity index (χ1) is 17.9. The number of hydrogen-bond donors (Lipinski definition) is 0. The fraction of sp³-hybridized carbons (Fsp3) is 0.185. The Balaban J connectivity index is 1.65. The largest absolute Gasteiger partial charge is 0.476 e. The van der Waals surface area contributed by atoms with Gasteiger partial charge in [-0.25, -0.2) is 19.2 Å². The minimum absolute atomic E-state index is 0.104. The van der Waals surface area contributed by atoms with Crippen LogP contribution in [-0.2, 0) is 19.0 Å². The fourth-order valence-corrected chi connectivity index (χ4v) is 4.39. The summed E-state index contributed by atoms with van der Waals surface area (Å²) in [6.07, 6.45) is -1.21. The number of ether oxygens (including phenoxy) is 4. The first-order valence-corrected chi connectivity index (χ1v) is 11.1. The van der Waals surface area contributed by atoms with Crippen molar-refractivity contribution in [3.63, 3.8) is 0 Å². The second-order valence-electron chi connectivity index (χ2n) is 8.15. The standard InChI is InChI=1S/C27H20O10/c1-32-24(28)14-10-13(11-15(12-14)25(29)33-2)17-8-9-19(35-17)20-21-22(37-23(20)27(31)34-3)16-6-4-5-7-18(16)36-26(21)30/h4-12,20,23H,1-3H3/t20-,23+/m1/s1. The Morgan fingerprint density at radius 2 is 1.49 bits per heavy atom. The molecular formula is C27H20O10. The summed E-state index contributed by atoms with van der Waals surface area (Å²) in [7, 11) is 3.65. The predicted molar refractivity (Wildman–Crippen MR) is 128 cm³/mol. The second-order valence-corrected chi connectivity index (χ2v) is 8.15. The lowest BCUT2D eigenvalue weighted by molar-refractivity contribution is -0.148. The van der Waals surface area contributed by atoms with Crippen molar-refractivity contribution in [2.24, 2.45) is 0 Å². The molecule has 0 saturated carbocycles. The lowest BCUT2D eigenvalue weighted by Crippen LogP contribution is -2.31. The highest BCUT2D eigenvalue weighted by Crippen LogP contribution is 2.45. The minimum atomic E-state index is -1.21. The lowest BCUT2D eigenvalue weighted by Gasteiger charge is -2.14. The zero-order chi connectivity index (χ0) is 26.3. The van der Waals surface area contributed by atoms with Crippen LogP contribution in [-0.4, -0.2) is 45.3 Å². The normalized spacial score (nSPS) is 16.1. The number of hydrogen-bond acceptors (Lipinski definition) is 10. The molecule has 0 aliphatic carbocycles. The SMILES string of the molecule is COC(=O)c1cc(C(=O)OC)cc(-c2ccc([C@@H]3c4c(c5ccccc5oc4=O)O[C@@H]3C(=O)OC)o2)c1. The Labute approximate surface area is 209 Å². The Bertz CT molecular complexity index is 1570. The van der Waals surface area contributed by atoms with Crippen LogP contribution < -0.4 is 10.4 Å². The van der Waals surface area contributed by atoms with E-state index in [-0.39, 0.29) is 34.0 Å². The Morgan fingerprint density at radius 3 is 2.14 bits per heavy atom. The second kappa shape index (κ2) is 9.30. The van der Waals surface area contributed by atoms with Crippen molar-refractivity contribution in [2.45, 2.75) is 12.0 Å². The number of furan rings is 1. The summed E-state index contributed by atoms with van der Waals surface area (Å²) in [6.45, 7) is 0. The zero-order valence-corrected chi connectivity index (χ0v) is 19.9. The van der Waals surface area contributed by atoms with E-state index in [0.29, 0.717) is 16.5 Å². The van der Waals surface area contributed by atoms with E-state index in [1.54, 1.807) is 36.4 Å². The molecule has 10 nitrogen and oxygen atoms in total. The summed E-state index contributed by atoms with van der Waals surface area (Å²) in [5.41, 5.74) is 0.330. The molecule has 0 fully saturated rings. The molecule has 5 rings (SSSR count). The molecule has 10 heteroatoms. The van der Waals surface area contributed by atoms with E-state index < -0.39 is 35.6 Å². The van der Waals surface area contributed by atoms with E-state index in [4.69, 9.17) is 27.8 Å². The molecule has 0 N–H and O–H groups in total. The lowest BCUT2D eigenvalue weighted by atomic mass is 9.93. The molecule has 4 aromatic rings. The average molecular weight is 504 g/mol. The number of fused-ring (bicyclic) bond motifs is 3. The molecule has 0 bridgehead atoms. The molecular weight excluding hydrogens is 484 g/mol. The van der Waals surface area contributed by atoms with Crippen LogP contribution in [0, 0.1) is 0 Å². The smallest absolute Gasteiger partial charge is 0.348 e. The molecule has 188 valence electrons. The third-order valence-corrected chi connectivity index (χ3v) is 6.08. The number of methoxy groups -OCH3 is 3. The van der Waals surface area contributed by atoms with Gasteiger partial charge in [-0.05, 0) is 42.5 Å². The number of rotatable bonds is 5. The van der Waals surface area contributed by atoms with Gasteiger partial charge in [-0.1, -0.05) is 12.1 Å². The van der Waals surface area contributed by atoms with Crippen LogP contribution in [0.4, 0.5) is 0 Å². The van der Waals surface area contributed by atoms with Gasteiger partial charge in [0, 0.05) is 5.56 Å². The van der Waals surface area contributed by atoms with Crippen molar-refractivity contribution < 1.29 is 42.2 Å². The maximum atomic E-state index is 13.0. The van der Waals surface area contributed by atoms with Crippen LogP contribution in [0.2, 0.25) is 0 Å². The molecule has 0 spiro atoms. The quantitative estimate of drug-likeness (QED) is 0.225. The molecule has 37 heavy (non-hydrogen) atoms. The molecule has 0 unspecified atom stereocenters. The molecule has 0 radical (unpaired) electrons. The molecule has 2 atom stereocenters. The van der Waals surface area contributed by atoms with Crippen molar-refractivity contribution in [3.8, 4) is 17.1 Å². The van der Waals surface area contributed by atoms with Crippen molar-refractivity contribution in [1.82, 2.24) is 0 Å². The van der Waals surface area contributed by atoms with Gasteiger partial charge in [0.05, 0.1) is 43.4 Å². The van der Waals surface area contributed by atoms with Crippen molar-refractivity contribution in [2.75, 3.05) is 21.3 Å². The molecule has 1 aliphatic heterocycles. The van der Waals surface area contributed by atoms with Crippen LogP contribution in [0.15, 0.2) is 68.2 Å². The molecule has 0 amide bonds. The Morgan fingerprint density at radius 1 is 0.811 bits per heavy atom. The van der Waals surface area contributed by atoms with Crippen molar-refractivity contribution in [3.05, 3.63) is 87.5 Å². The van der Waals surface area contributed by atoms with E-state index >= 15 is 0 Å². The number of benzene rings is 2. The predicted octanol–water partition coefficient (Wildman–Crippen LogP) is 3.69. The number of para-hydroxylation sites is 1. The number of carbonyl (C=O) groups is 3. The van der Waals surface area contributed by atoms with Crippen LogP contribution in [0.5, 0.6) is 5.75 Å². The van der Waals surface area contributed by atoms with Gasteiger partial charge in [0.15, 0.2) is 0 Å². The Hall–Kier alpha value is -4.86. The highest BCUT2D eigenvalue weighted by Gasteiger charge is 2.46. The van der Waals surface area contributed by atoms with E-state index in [2.05, 4.69) is 0 Å². The van der Waals surface area contributed by atoms with E-state index in [9.17, 15) is 19.2 Å². The summed E-state index contributed by atoms with van der Waals surface area (Å²) in [6, 6.07) is 14.3. The zero-order valence-electron chi connectivity index (χ0n) is 19.9. The van der Waals surface area contributed by atoms with Gasteiger partial charge < -0.3 is 27.8 Å². The Kier molecular flexibility index (Phi) is 6.00. The minimum Gasteiger partial charge on any atom is -0.476 e. The number of carbonyl (C=O) groups excluding carboxylic acids is 3. The van der Waals surface area contributed by atoms with Gasteiger partial charge >= 0.3 is 23.5 Å². The average Bonchev–Trinajstić information content (AvgIpc) is 3.57. The van der Waals surface area contributed by atoms with Gasteiger partial charge in [-0.15, -0.1) is 0 Å². The molecule has 1 aliphatic rings. The fourth-order valence-electron chi connectivity index (χ4n) is 4.39. The van der Waals surface area contributed by atoms with Crippen LogP contribution in [0.1, 0.15) is 38.0 Å². The highest BCUT2D eigenvalue weighted by atomic mass is 16.6. The molecule has 3 heterocycles. The van der Waals surface area contributed by atoms with Gasteiger partial charge in [-0.2, -0.15) is 0 Å². The van der Waals surface area contributed by atoms with Crippen LogP contribution >= 0.6 is 0 Å². The van der Waals surface area contributed by atoms with Gasteiger partial charge in [0.1, 0.15) is 28.8 Å². The van der Waals surface area contributed by atoms with E-state index in [0.717, 1.165) is 0 Å². The van der Waals surface area contributed by atoms with Gasteiger partial charge in [0.2, 0.25) is 6.10 Å². The van der Waals surface area contributed by atoms with Crippen molar-refractivity contribution >= 4 is 28.9 Å². The summed E-state index contributed by atoms with van der Waals surface area (Å²) < 4.78 is 32.0. The summed E-state index contributed by atoms with van der Waals surface area (Å²) in [5, 5.41) is 0.522. The molecule has 2 aromatic carbocycles. The number of esters is 3. The topological polar surface area (TPSA) is 131 Å². The highest BCUT2D eigenvalue weighted by molar-refractivity contribution is 5.97. The third-order valence-electron chi connectivity index (χ3n) is 6.08. The van der Waals surface area contributed by atoms with Crippen LogP contribution in [0.25, 0.3) is 22.3 Å². The van der Waals surface area contributed by atoms with Gasteiger partial charge in [-0.3, -0.25) is 0 Å². The van der Waals surface area contributed by atoms with Gasteiger partial charge in [0.25, 0.3) is 0 Å². The monoisotopic (exact) mass is 504 g/mol. The first-order valence-electron chi connectivity index (χ1n) is 11.1. The van der Waals surface area contributed by atoms with Crippen LogP contribution in [0.3, 0.4) is 0 Å². The first kappa shape index (κ1) is 23.9. The maximum absolute atomic E-state index is 13.0. The molecule has 0 saturated heterocycles. The summed E-state index contributed by atoms with van der Waals surface area (Å²) in [4.78, 5) is 50.1. The van der Waals surface area contributed by atoms with E-state index in [1.165, 1.54) is 39.5 Å². The maximum Gasteiger partial charge on any atom is 0.348 e. The molecule has 2 aromatic heterocycles. The van der Waals surface area contributed by atoms with E-state index in [1.807, 2.05) is 0 Å². The third kappa shape index (κ3) is 4.02. The summed E-state index contributed by atoms with van der Waals surface area (Å²) >= 11 is 0.